The molecule has 0 spiro atoms. The number of hydrogen-bond acceptors (Lipinski definition) is 0. The number of benzene rings is 8. The molecule has 2 aliphatic rings. The first-order valence-corrected chi connectivity index (χ1v) is 23.3. The summed E-state index contributed by atoms with van der Waals surface area (Å²) in [6.45, 7) is 0. The van der Waals surface area contributed by atoms with Gasteiger partial charge in [-0.25, -0.2) is 0 Å². The minimum Gasteiger partial charge on any atom is -0.366 e. The van der Waals surface area contributed by atoms with Crippen molar-refractivity contribution in [3.63, 3.8) is 0 Å². The van der Waals surface area contributed by atoms with Crippen LogP contribution in [0, 0.1) is 24.7 Å². The maximum absolute atomic E-state index is 7.30. The molecule has 0 aliphatic heterocycles. The van der Waals surface area contributed by atoms with Gasteiger partial charge in [0.25, 0.3) is 0 Å². The second kappa shape index (κ2) is 22.2. The summed E-state index contributed by atoms with van der Waals surface area (Å²) in [5, 5.41) is 6.06. The van der Waals surface area contributed by atoms with E-state index in [2.05, 4.69) is 194 Å². The van der Waals surface area contributed by atoms with Crippen molar-refractivity contribution in [2.45, 2.75) is 12.8 Å². The van der Waals surface area contributed by atoms with Gasteiger partial charge in [0.1, 0.15) is 12.3 Å². The quantitative estimate of drug-likeness (QED) is 0.0646. The normalized spacial score (nSPS) is 11.0. The molecule has 0 unspecified atom stereocenters. The average molecular weight is 1170 g/mol. The molecule has 8 aromatic carbocycles. The molecule has 0 amide bonds. The van der Waals surface area contributed by atoms with E-state index in [1.165, 1.54) is 78.0 Å². The fraction of sp³-hybridized carbons (Fsp3) is 0.0714. The summed E-state index contributed by atoms with van der Waals surface area (Å²) in [4.78, 5) is 0. The van der Waals surface area contributed by atoms with Crippen LogP contribution in [0.5, 0.6) is 0 Å². The van der Waals surface area contributed by atoms with E-state index in [1.807, 2.05) is 24.3 Å². The molecular formula is C56H44Au2P2+2. The van der Waals surface area contributed by atoms with E-state index in [9.17, 15) is 0 Å². The fourth-order valence-electron chi connectivity index (χ4n) is 8.30. The molecule has 0 heterocycles. The van der Waals surface area contributed by atoms with Crippen LogP contribution in [-0.2, 0) is 57.6 Å². The summed E-state index contributed by atoms with van der Waals surface area (Å²) < 4.78 is 0. The van der Waals surface area contributed by atoms with Crippen molar-refractivity contribution in [1.82, 2.24) is 0 Å². The van der Waals surface area contributed by atoms with E-state index in [4.69, 9.17) is 12.8 Å². The second-order valence-electron chi connectivity index (χ2n) is 14.5. The van der Waals surface area contributed by atoms with Gasteiger partial charge in [0.05, 0.1) is 37.1 Å². The number of hydrogen-bond donors (Lipinski definition) is 0. The van der Waals surface area contributed by atoms with Crippen LogP contribution in [0.1, 0.15) is 33.4 Å². The molecule has 0 radical (unpaired) electrons. The smallest absolute Gasteiger partial charge is 0.366 e. The summed E-state index contributed by atoms with van der Waals surface area (Å²) in [6, 6.07) is 73.5. The molecule has 0 bridgehead atoms. The van der Waals surface area contributed by atoms with Gasteiger partial charge in [0, 0.05) is 0 Å². The van der Waals surface area contributed by atoms with Crippen LogP contribution in [0.15, 0.2) is 206 Å². The summed E-state index contributed by atoms with van der Waals surface area (Å²) in [5.74, 6) is 5.04. The van der Waals surface area contributed by atoms with Gasteiger partial charge in [-0.3, -0.25) is 11.8 Å². The van der Waals surface area contributed by atoms with Gasteiger partial charge in [0.2, 0.25) is 0 Å². The largest absolute Gasteiger partial charge is 1.00 e. The van der Waals surface area contributed by atoms with Crippen LogP contribution in [-0.4, -0.2) is 12.3 Å². The van der Waals surface area contributed by atoms with Gasteiger partial charge in [-0.1, -0.05) is 168 Å². The van der Waals surface area contributed by atoms with Crippen molar-refractivity contribution in [3.05, 3.63) is 252 Å². The minimum atomic E-state index is -0.783. The number of rotatable bonds is 7. The zero-order valence-electron chi connectivity index (χ0n) is 33.1. The molecule has 8 aromatic rings. The molecule has 0 saturated carbocycles. The van der Waals surface area contributed by atoms with Crippen molar-refractivity contribution in [2.75, 3.05) is 12.3 Å². The van der Waals surface area contributed by atoms with Gasteiger partial charge in [0.15, 0.2) is 0 Å². The fourth-order valence-corrected chi connectivity index (χ4v) is 14.5. The Morgan fingerprint density at radius 2 is 0.617 bits per heavy atom. The van der Waals surface area contributed by atoms with E-state index >= 15 is 0 Å². The Hall–Kier alpha value is -4.78. The molecule has 2 aliphatic carbocycles. The van der Waals surface area contributed by atoms with Gasteiger partial charge in [-0.2, -0.15) is 0 Å². The topological polar surface area (TPSA) is 0 Å². The van der Waals surface area contributed by atoms with Crippen LogP contribution < -0.4 is 21.2 Å². The SMILES string of the molecule is [Au+].[Au+].[C-]#Cc1cccc2c1-c1ccccc1C2.[C-]#Cc1cccc2c1-c1ccccc1C2.c1ccc([PH+](CC[PH+](c2ccccc2)c2ccccc2)c2ccccc2)cc1. The zero-order valence-corrected chi connectivity index (χ0v) is 39.4. The number of fused-ring (bicyclic) bond motifs is 6. The molecule has 0 aromatic heterocycles. The van der Waals surface area contributed by atoms with Crippen LogP contribution in [0.3, 0.4) is 0 Å². The van der Waals surface area contributed by atoms with Gasteiger partial charge in [-0.15, -0.1) is 23.3 Å². The van der Waals surface area contributed by atoms with Crippen LogP contribution >= 0.6 is 15.8 Å². The summed E-state index contributed by atoms with van der Waals surface area (Å²) >= 11 is 0. The van der Waals surface area contributed by atoms with Crippen molar-refractivity contribution >= 4 is 37.1 Å². The van der Waals surface area contributed by atoms with Gasteiger partial charge >= 0.3 is 44.8 Å². The third-order valence-electron chi connectivity index (χ3n) is 11.0. The van der Waals surface area contributed by atoms with Crippen molar-refractivity contribution in [3.8, 4) is 34.1 Å². The first-order valence-electron chi connectivity index (χ1n) is 19.9. The van der Waals surface area contributed by atoms with Crippen molar-refractivity contribution in [2.24, 2.45) is 0 Å². The van der Waals surface area contributed by atoms with E-state index in [-0.39, 0.29) is 44.8 Å². The van der Waals surface area contributed by atoms with Crippen molar-refractivity contribution in [1.29, 1.82) is 0 Å². The molecule has 0 N–H and O–H groups in total. The third kappa shape index (κ3) is 10.4. The average Bonchev–Trinajstić information content (AvgIpc) is 3.88. The molecule has 0 nitrogen and oxygen atoms in total. The van der Waals surface area contributed by atoms with E-state index in [0.717, 1.165) is 24.0 Å². The Bertz CT molecular complexity index is 2430. The van der Waals surface area contributed by atoms with Gasteiger partial charge < -0.3 is 12.8 Å². The van der Waals surface area contributed by atoms with Crippen molar-refractivity contribution < 1.29 is 44.8 Å². The molecule has 10 rings (SSSR count). The molecular weight excluding hydrogens is 1130 g/mol. The standard InChI is InChI=1S/C26H24P2.2C15H9.2Au/c1-5-13-23(14-6-1)27(24-15-7-2-8-16-24)21-22-28(25-17-9-3-10-18-25)26-19-11-4-12-20-26;2*1-2-11-7-5-8-13-10-12-6-3-4-9-14(12)15(11)13;;/h1-20H,21-22H2;2*3-9H,10H2;;/q;2*-1;2*+1/p+2. The predicted octanol–water partition coefficient (Wildman–Crippen LogP) is 11.1. The third-order valence-corrected chi connectivity index (χ3v) is 17.1. The van der Waals surface area contributed by atoms with Crippen LogP contribution in [0.2, 0.25) is 0 Å². The molecule has 4 heteroatoms. The summed E-state index contributed by atoms with van der Waals surface area (Å²) in [5.41, 5.74) is 12.1. The van der Waals surface area contributed by atoms with Gasteiger partial charge in [-0.05, 0) is 83.6 Å². The first kappa shape index (κ1) is 44.8. The maximum atomic E-state index is 7.30. The van der Waals surface area contributed by atoms with E-state index in [0.29, 0.717) is 0 Å². The Morgan fingerprint density at radius 3 is 0.933 bits per heavy atom. The Labute approximate surface area is 390 Å². The predicted molar refractivity (Wildman–Crippen MR) is 253 cm³/mol. The minimum absolute atomic E-state index is 0. The summed E-state index contributed by atoms with van der Waals surface area (Å²) in [6.07, 6.45) is 19.1. The Kier molecular flexibility index (Phi) is 16.5. The zero-order chi connectivity index (χ0) is 39.5. The first-order chi connectivity index (χ1) is 28.7. The maximum Gasteiger partial charge on any atom is 1.00 e. The molecule has 0 fully saturated rings. The Morgan fingerprint density at radius 1 is 0.333 bits per heavy atom. The van der Waals surface area contributed by atoms with E-state index in [1.54, 1.807) is 0 Å². The second-order valence-corrected chi connectivity index (χ2v) is 19.7. The summed E-state index contributed by atoms with van der Waals surface area (Å²) in [7, 11) is -1.57. The monoisotopic (exact) mass is 1170 g/mol. The van der Waals surface area contributed by atoms with E-state index < -0.39 is 15.8 Å². The molecule has 298 valence electrons. The molecule has 0 saturated heterocycles. The molecule has 0 atom stereocenters. The Balaban J connectivity index is 0.000000160. The van der Waals surface area contributed by atoms with Crippen LogP contribution in [0.4, 0.5) is 0 Å². The molecule has 60 heavy (non-hydrogen) atoms. The van der Waals surface area contributed by atoms with Crippen LogP contribution in [0.25, 0.3) is 22.3 Å².